The summed E-state index contributed by atoms with van der Waals surface area (Å²) >= 11 is 5.50. The summed E-state index contributed by atoms with van der Waals surface area (Å²) in [6.45, 7) is 2.47. The lowest BCUT2D eigenvalue weighted by Crippen LogP contribution is -2.32. The van der Waals surface area contributed by atoms with Gasteiger partial charge in [0, 0.05) is 24.5 Å². The van der Waals surface area contributed by atoms with Gasteiger partial charge in [-0.3, -0.25) is 4.90 Å². The molecule has 3 rings (SSSR count). The van der Waals surface area contributed by atoms with Crippen LogP contribution in [-0.2, 0) is 6.54 Å². The van der Waals surface area contributed by atoms with E-state index in [9.17, 15) is 0 Å². The van der Waals surface area contributed by atoms with Gasteiger partial charge >= 0.3 is 0 Å². The average molecular weight is 300 g/mol. The van der Waals surface area contributed by atoms with Crippen LogP contribution in [0.3, 0.4) is 0 Å². The topological polar surface area (TPSA) is 3.24 Å². The van der Waals surface area contributed by atoms with E-state index < -0.39 is 0 Å². The molecule has 2 aliphatic carbocycles. The fourth-order valence-electron chi connectivity index (χ4n) is 2.31. The first-order valence-electron chi connectivity index (χ1n) is 6.12. The van der Waals surface area contributed by atoms with Gasteiger partial charge < -0.3 is 0 Å². The Morgan fingerprint density at radius 1 is 1.44 bits per heavy atom. The smallest absolute Gasteiger partial charge is 0.0245 e. The first-order chi connectivity index (χ1) is 7.81. The Morgan fingerprint density at radius 2 is 2.25 bits per heavy atom. The van der Waals surface area contributed by atoms with Gasteiger partial charge in [-0.05, 0) is 53.5 Å². The first kappa shape index (κ1) is 11.2. The maximum absolute atomic E-state index is 3.68. The summed E-state index contributed by atoms with van der Waals surface area (Å²) < 4.78 is 0. The minimum Gasteiger partial charge on any atom is -0.296 e. The van der Waals surface area contributed by atoms with Crippen molar-refractivity contribution in [3.8, 4) is 0 Å². The number of nitrogens with zero attached hydrogens (tertiary/aromatic N) is 1. The predicted octanol–water partition coefficient (Wildman–Crippen LogP) is 3.89. The van der Waals surface area contributed by atoms with Gasteiger partial charge in [0.25, 0.3) is 0 Å². The second kappa shape index (κ2) is 4.43. The van der Waals surface area contributed by atoms with Crippen molar-refractivity contribution < 1.29 is 0 Å². The van der Waals surface area contributed by atoms with E-state index in [0.717, 1.165) is 6.04 Å². The highest BCUT2D eigenvalue weighted by Crippen LogP contribution is 2.49. The highest BCUT2D eigenvalue weighted by Gasteiger charge is 2.45. The van der Waals surface area contributed by atoms with Gasteiger partial charge in [0.15, 0.2) is 0 Å². The van der Waals surface area contributed by atoms with E-state index in [0.29, 0.717) is 5.41 Å². The Hall–Kier alpha value is 0.140. The van der Waals surface area contributed by atoms with E-state index in [1.807, 2.05) is 11.3 Å². The number of thiophene rings is 1. The van der Waals surface area contributed by atoms with E-state index in [1.165, 1.54) is 49.7 Å². The van der Waals surface area contributed by atoms with Crippen LogP contribution in [0.1, 0.15) is 31.2 Å². The molecule has 16 heavy (non-hydrogen) atoms. The predicted molar refractivity (Wildman–Crippen MR) is 73.2 cm³/mol. The average Bonchev–Trinajstić information content (AvgIpc) is 3.20. The normalized spacial score (nSPS) is 22.6. The molecule has 2 aliphatic rings. The van der Waals surface area contributed by atoms with Crippen LogP contribution in [0.4, 0.5) is 0 Å². The van der Waals surface area contributed by atoms with Crippen molar-refractivity contribution in [2.45, 2.75) is 38.3 Å². The molecule has 0 N–H and O–H groups in total. The van der Waals surface area contributed by atoms with E-state index >= 15 is 0 Å². The summed E-state index contributed by atoms with van der Waals surface area (Å²) in [4.78, 5) is 2.72. The Bertz CT molecular complexity index is 341. The van der Waals surface area contributed by atoms with Crippen molar-refractivity contribution in [1.82, 2.24) is 4.90 Å². The van der Waals surface area contributed by atoms with Gasteiger partial charge in [0.05, 0.1) is 0 Å². The molecule has 0 unspecified atom stereocenters. The van der Waals surface area contributed by atoms with Crippen molar-refractivity contribution >= 4 is 27.3 Å². The Balaban J connectivity index is 1.63. The fourth-order valence-corrected chi connectivity index (χ4v) is 3.71. The molecule has 2 fully saturated rings. The minimum absolute atomic E-state index is 0.624. The van der Waals surface area contributed by atoms with Crippen LogP contribution in [-0.4, -0.2) is 22.8 Å². The SMILES string of the molecule is BrCC1(CN(Cc2ccsc2)C2CC2)CC1. The van der Waals surface area contributed by atoms with Gasteiger partial charge in [-0.2, -0.15) is 11.3 Å². The third-order valence-corrected chi connectivity index (χ3v) is 5.73. The van der Waals surface area contributed by atoms with Crippen LogP contribution in [0, 0.1) is 5.41 Å². The number of rotatable bonds is 6. The van der Waals surface area contributed by atoms with Crippen molar-refractivity contribution in [2.75, 3.05) is 11.9 Å². The number of hydrogen-bond donors (Lipinski definition) is 0. The summed E-state index contributed by atoms with van der Waals surface area (Å²) in [5.74, 6) is 0. The number of halogens is 1. The van der Waals surface area contributed by atoms with Crippen molar-refractivity contribution in [3.63, 3.8) is 0 Å². The van der Waals surface area contributed by atoms with Gasteiger partial charge in [-0.1, -0.05) is 15.9 Å². The summed E-state index contributed by atoms with van der Waals surface area (Å²) in [5, 5.41) is 5.67. The monoisotopic (exact) mass is 299 g/mol. The molecule has 88 valence electrons. The first-order valence-corrected chi connectivity index (χ1v) is 8.19. The lowest BCUT2D eigenvalue weighted by Gasteiger charge is -2.26. The second-order valence-corrected chi connectivity index (χ2v) is 6.74. The molecule has 0 saturated heterocycles. The lowest BCUT2D eigenvalue weighted by molar-refractivity contribution is 0.213. The Labute approximate surface area is 110 Å². The fraction of sp³-hybridized carbons (Fsp3) is 0.692. The molecule has 0 radical (unpaired) electrons. The molecule has 3 heteroatoms. The van der Waals surface area contributed by atoms with E-state index in [1.54, 1.807) is 0 Å². The van der Waals surface area contributed by atoms with Gasteiger partial charge in [0.2, 0.25) is 0 Å². The van der Waals surface area contributed by atoms with E-state index in [-0.39, 0.29) is 0 Å². The van der Waals surface area contributed by atoms with Gasteiger partial charge in [-0.15, -0.1) is 0 Å². The van der Waals surface area contributed by atoms with Crippen LogP contribution >= 0.6 is 27.3 Å². The van der Waals surface area contributed by atoms with Crippen LogP contribution in [0.15, 0.2) is 16.8 Å². The van der Waals surface area contributed by atoms with Crippen molar-refractivity contribution in [3.05, 3.63) is 22.4 Å². The maximum Gasteiger partial charge on any atom is 0.0245 e. The molecule has 0 atom stereocenters. The van der Waals surface area contributed by atoms with E-state index in [2.05, 4.69) is 37.7 Å². The zero-order chi connectivity index (χ0) is 11.0. The van der Waals surface area contributed by atoms with Crippen molar-refractivity contribution in [2.24, 2.45) is 5.41 Å². The zero-order valence-electron chi connectivity index (χ0n) is 9.49. The molecule has 1 nitrogen and oxygen atoms in total. The number of alkyl halides is 1. The van der Waals surface area contributed by atoms with Crippen molar-refractivity contribution in [1.29, 1.82) is 0 Å². The Morgan fingerprint density at radius 3 is 2.75 bits per heavy atom. The summed E-state index contributed by atoms with van der Waals surface area (Å²) in [6.07, 6.45) is 5.68. The van der Waals surface area contributed by atoms with Gasteiger partial charge in [-0.25, -0.2) is 0 Å². The van der Waals surface area contributed by atoms with Crippen LogP contribution in [0.5, 0.6) is 0 Å². The molecule has 1 aromatic heterocycles. The van der Waals surface area contributed by atoms with Gasteiger partial charge in [0.1, 0.15) is 0 Å². The molecule has 1 aromatic rings. The highest BCUT2D eigenvalue weighted by atomic mass is 79.9. The second-order valence-electron chi connectivity index (χ2n) is 5.40. The third kappa shape index (κ3) is 2.52. The molecule has 0 aromatic carbocycles. The zero-order valence-corrected chi connectivity index (χ0v) is 11.9. The highest BCUT2D eigenvalue weighted by molar-refractivity contribution is 9.09. The molecule has 0 amide bonds. The largest absolute Gasteiger partial charge is 0.296 e. The Kier molecular flexibility index (Phi) is 3.11. The number of hydrogen-bond acceptors (Lipinski definition) is 2. The third-order valence-electron chi connectivity index (χ3n) is 3.81. The lowest BCUT2D eigenvalue weighted by atomic mass is 10.1. The van der Waals surface area contributed by atoms with Crippen LogP contribution < -0.4 is 0 Å². The van der Waals surface area contributed by atoms with Crippen LogP contribution in [0.25, 0.3) is 0 Å². The molecule has 0 aliphatic heterocycles. The quantitative estimate of drug-likeness (QED) is 0.721. The standard InChI is InChI=1S/C13H18BrNS/c14-9-13(4-5-13)10-15(12-1-2-12)7-11-3-6-16-8-11/h3,6,8,12H,1-2,4-5,7,9-10H2. The molecular weight excluding hydrogens is 282 g/mol. The molecule has 0 bridgehead atoms. The summed E-state index contributed by atoms with van der Waals surface area (Å²) in [7, 11) is 0. The minimum atomic E-state index is 0.624. The molecule has 2 saturated carbocycles. The molecular formula is C13H18BrNS. The van der Waals surface area contributed by atoms with Crippen LogP contribution in [0.2, 0.25) is 0 Å². The maximum atomic E-state index is 3.68. The summed E-state index contributed by atoms with van der Waals surface area (Å²) in [6, 6.07) is 3.16. The molecule has 1 heterocycles. The van der Waals surface area contributed by atoms with E-state index in [4.69, 9.17) is 0 Å². The molecule has 0 spiro atoms. The summed E-state index contributed by atoms with van der Waals surface area (Å²) in [5.41, 5.74) is 2.13.